The summed E-state index contributed by atoms with van der Waals surface area (Å²) in [4.78, 5) is 34.7. The minimum absolute atomic E-state index is 0.0707. The number of benzene rings is 2. The summed E-state index contributed by atoms with van der Waals surface area (Å²) in [7, 11) is 3.44. The number of rotatable bonds is 4. The molecule has 2 aromatic carbocycles. The lowest BCUT2D eigenvalue weighted by Gasteiger charge is -2.34. The van der Waals surface area contributed by atoms with Crippen LogP contribution in [0.1, 0.15) is 16.2 Å². The second-order valence-corrected chi connectivity index (χ2v) is 8.13. The fraction of sp³-hybridized carbons (Fsp3) is 0.318. The number of hydrogen-bond acceptors (Lipinski definition) is 5. The lowest BCUT2D eigenvalue weighted by molar-refractivity contribution is 0.0827. The Kier molecular flexibility index (Phi) is 6.11. The largest absolute Gasteiger partial charge is 0.439 e. The van der Waals surface area contributed by atoms with Gasteiger partial charge in [0.2, 0.25) is 5.89 Å². The number of oxazole rings is 1. The van der Waals surface area contributed by atoms with Gasteiger partial charge in [-0.05, 0) is 36.4 Å². The van der Waals surface area contributed by atoms with Crippen LogP contribution in [0.2, 0.25) is 5.02 Å². The first-order chi connectivity index (χ1) is 14.9. The van der Waals surface area contributed by atoms with Gasteiger partial charge >= 0.3 is 6.03 Å². The van der Waals surface area contributed by atoms with Crippen LogP contribution < -0.4 is 5.32 Å². The Hall–Kier alpha value is -3.10. The highest BCUT2D eigenvalue weighted by Gasteiger charge is 2.22. The summed E-state index contributed by atoms with van der Waals surface area (Å²) in [6.07, 6.45) is 0. The predicted octanol–water partition coefficient (Wildman–Crippen LogP) is 3.53. The Morgan fingerprint density at radius 1 is 1.13 bits per heavy atom. The van der Waals surface area contributed by atoms with E-state index >= 15 is 0 Å². The molecular weight excluding hydrogens is 418 g/mol. The van der Waals surface area contributed by atoms with Crippen molar-refractivity contribution in [3.05, 3.63) is 58.9 Å². The zero-order valence-corrected chi connectivity index (χ0v) is 18.2. The topological polar surface area (TPSA) is 81.9 Å². The third-order valence-electron chi connectivity index (χ3n) is 5.18. The molecule has 0 atom stereocenters. The molecule has 3 aromatic rings. The molecule has 0 radical (unpaired) electrons. The molecule has 1 saturated heterocycles. The number of halogens is 1. The summed E-state index contributed by atoms with van der Waals surface area (Å²) >= 11 is 5.97. The van der Waals surface area contributed by atoms with Gasteiger partial charge in [-0.2, -0.15) is 0 Å². The molecule has 0 aliphatic carbocycles. The number of aromatic nitrogens is 1. The molecule has 9 heteroatoms. The van der Waals surface area contributed by atoms with Crippen LogP contribution in [0.5, 0.6) is 0 Å². The molecular formula is C22H24ClN5O3. The molecule has 3 amide bonds. The number of carbonyl (C=O) groups excluding carboxylic acids is 2. The Bertz CT molecular complexity index is 1110. The summed E-state index contributed by atoms with van der Waals surface area (Å²) in [5.41, 5.74) is 2.59. The third-order valence-corrected chi connectivity index (χ3v) is 5.41. The zero-order chi connectivity index (χ0) is 22.0. The second kappa shape index (κ2) is 8.95. The number of fused-ring (bicyclic) bond motifs is 1. The lowest BCUT2D eigenvalue weighted by atomic mass is 10.2. The van der Waals surface area contributed by atoms with Crippen molar-refractivity contribution in [1.29, 1.82) is 0 Å². The van der Waals surface area contributed by atoms with Crippen LogP contribution in [0.4, 0.5) is 10.5 Å². The van der Waals surface area contributed by atoms with Gasteiger partial charge in [-0.25, -0.2) is 9.78 Å². The first-order valence-electron chi connectivity index (χ1n) is 10.0. The van der Waals surface area contributed by atoms with E-state index in [9.17, 15) is 9.59 Å². The maximum absolute atomic E-state index is 12.5. The van der Waals surface area contributed by atoms with Crippen molar-refractivity contribution in [3.8, 4) is 0 Å². The van der Waals surface area contributed by atoms with Crippen LogP contribution in [-0.2, 0) is 6.54 Å². The van der Waals surface area contributed by atoms with Crippen molar-refractivity contribution in [3.63, 3.8) is 0 Å². The summed E-state index contributed by atoms with van der Waals surface area (Å²) in [6, 6.07) is 12.2. The lowest BCUT2D eigenvalue weighted by Crippen LogP contribution is -2.49. The summed E-state index contributed by atoms with van der Waals surface area (Å²) < 4.78 is 5.85. The van der Waals surface area contributed by atoms with Crippen LogP contribution >= 0.6 is 11.6 Å². The van der Waals surface area contributed by atoms with Gasteiger partial charge in [0, 0.05) is 56.5 Å². The first kappa shape index (κ1) is 21.1. The Morgan fingerprint density at radius 2 is 1.90 bits per heavy atom. The summed E-state index contributed by atoms with van der Waals surface area (Å²) in [6.45, 7) is 3.19. The van der Waals surface area contributed by atoms with Crippen molar-refractivity contribution in [1.82, 2.24) is 19.7 Å². The third kappa shape index (κ3) is 4.98. The number of urea groups is 1. The molecule has 0 unspecified atom stereocenters. The van der Waals surface area contributed by atoms with Gasteiger partial charge in [0.05, 0.1) is 6.54 Å². The van der Waals surface area contributed by atoms with E-state index in [4.69, 9.17) is 16.0 Å². The van der Waals surface area contributed by atoms with Gasteiger partial charge in [0.25, 0.3) is 5.91 Å². The average molecular weight is 442 g/mol. The molecule has 162 valence electrons. The molecule has 0 bridgehead atoms. The number of nitrogens with zero attached hydrogens (tertiary/aromatic N) is 4. The van der Waals surface area contributed by atoms with Crippen LogP contribution in [0.3, 0.4) is 0 Å². The monoisotopic (exact) mass is 441 g/mol. The van der Waals surface area contributed by atoms with Crippen molar-refractivity contribution >= 4 is 40.3 Å². The molecule has 0 saturated carbocycles. The van der Waals surface area contributed by atoms with E-state index in [0.717, 1.165) is 0 Å². The fourth-order valence-electron chi connectivity index (χ4n) is 3.50. The van der Waals surface area contributed by atoms with Crippen molar-refractivity contribution in [2.75, 3.05) is 45.6 Å². The van der Waals surface area contributed by atoms with E-state index in [1.807, 2.05) is 6.07 Å². The van der Waals surface area contributed by atoms with E-state index in [0.29, 0.717) is 66.0 Å². The van der Waals surface area contributed by atoms with Crippen molar-refractivity contribution < 1.29 is 14.0 Å². The van der Waals surface area contributed by atoms with Gasteiger partial charge in [-0.1, -0.05) is 17.7 Å². The highest BCUT2D eigenvalue weighted by Crippen LogP contribution is 2.20. The van der Waals surface area contributed by atoms with E-state index in [1.165, 1.54) is 4.90 Å². The molecule has 1 aromatic heterocycles. The summed E-state index contributed by atoms with van der Waals surface area (Å²) in [5.74, 6) is 0.528. The van der Waals surface area contributed by atoms with Crippen LogP contribution in [0.15, 0.2) is 46.9 Å². The highest BCUT2D eigenvalue weighted by molar-refractivity contribution is 6.30. The van der Waals surface area contributed by atoms with Gasteiger partial charge in [0.1, 0.15) is 5.52 Å². The molecule has 0 spiro atoms. The predicted molar refractivity (Wildman–Crippen MR) is 119 cm³/mol. The van der Waals surface area contributed by atoms with Gasteiger partial charge in [-0.15, -0.1) is 0 Å². The number of amides is 3. The fourth-order valence-corrected chi connectivity index (χ4v) is 3.69. The first-order valence-corrected chi connectivity index (χ1v) is 10.4. The molecule has 1 N–H and O–H groups in total. The molecule has 1 aliphatic heterocycles. The number of nitrogens with one attached hydrogen (secondary N) is 1. The molecule has 1 aliphatic rings. The Labute approximate surface area is 185 Å². The minimum Gasteiger partial charge on any atom is -0.439 e. The highest BCUT2D eigenvalue weighted by atomic mass is 35.5. The maximum atomic E-state index is 12.5. The zero-order valence-electron chi connectivity index (χ0n) is 17.5. The normalized spacial score (nSPS) is 14.6. The van der Waals surface area contributed by atoms with Gasteiger partial charge in [-0.3, -0.25) is 9.69 Å². The van der Waals surface area contributed by atoms with E-state index < -0.39 is 0 Å². The van der Waals surface area contributed by atoms with Crippen LogP contribution in [0.25, 0.3) is 11.1 Å². The van der Waals surface area contributed by atoms with Crippen molar-refractivity contribution in [2.45, 2.75) is 6.54 Å². The summed E-state index contributed by atoms with van der Waals surface area (Å²) in [5, 5.41) is 3.46. The number of anilines is 1. The van der Waals surface area contributed by atoms with Gasteiger partial charge < -0.3 is 19.5 Å². The molecule has 8 nitrogen and oxygen atoms in total. The standard InChI is InChI=1S/C22H24ClN5O3/c1-26(2)21(29)15-6-7-19-18(12-15)25-20(31-19)14-27-8-10-28(11-9-27)22(30)24-17-5-3-4-16(23)13-17/h3-7,12-13H,8-11,14H2,1-2H3,(H,24,30). The van der Waals surface area contributed by atoms with E-state index in [2.05, 4.69) is 15.2 Å². The van der Waals surface area contributed by atoms with E-state index in [-0.39, 0.29) is 11.9 Å². The SMILES string of the molecule is CN(C)C(=O)c1ccc2oc(CN3CCN(C(=O)Nc4cccc(Cl)c4)CC3)nc2c1. The Balaban J connectivity index is 1.33. The number of carbonyl (C=O) groups is 2. The average Bonchev–Trinajstić information content (AvgIpc) is 3.15. The minimum atomic E-state index is -0.137. The number of hydrogen-bond donors (Lipinski definition) is 1. The maximum Gasteiger partial charge on any atom is 0.321 e. The van der Waals surface area contributed by atoms with E-state index in [1.54, 1.807) is 55.4 Å². The quantitative estimate of drug-likeness (QED) is 0.669. The smallest absolute Gasteiger partial charge is 0.321 e. The van der Waals surface area contributed by atoms with Crippen molar-refractivity contribution in [2.24, 2.45) is 0 Å². The molecule has 2 heterocycles. The number of piperazine rings is 1. The van der Waals surface area contributed by atoms with Gasteiger partial charge in [0.15, 0.2) is 5.58 Å². The molecule has 1 fully saturated rings. The molecule has 4 rings (SSSR count). The van der Waals surface area contributed by atoms with Crippen LogP contribution in [0, 0.1) is 0 Å². The molecule has 31 heavy (non-hydrogen) atoms. The second-order valence-electron chi connectivity index (χ2n) is 7.69. The van der Waals surface area contributed by atoms with Crippen LogP contribution in [-0.4, -0.2) is 71.9 Å². The Morgan fingerprint density at radius 3 is 2.61 bits per heavy atom.